The molecule has 1 aliphatic carbocycles. The Kier molecular flexibility index (Phi) is 15.3. The number of aryl methyl sites for hydroxylation is 1. The minimum atomic E-state index is 0. The molecule has 0 atom stereocenters. The fourth-order valence-electron chi connectivity index (χ4n) is 7.90. The van der Waals surface area contributed by atoms with Gasteiger partial charge in [0.05, 0.1) is 5.76 Å². The Balaban J connectivity index is 0.000000335. The summed E-state index contributed by atoms with van der Waals surface area (Å²) in [6, 6.07) is 26.2. The molecule has 3 nitrogen and oxygen atoms in total. The number of aliphatic hydroxyl groups is 1. The third-order valence-electron chi connectivity index (χ3n) is 11.6. The molecule has 53 heavy (non-hydrogen) atoms. The maximum absolute atomic E-state index is 11.7. The average molecular weight is 907 g/mol. The van der Waals surface area contributed by atoms with Gasteiger partial charge in [0.15, 0.2) is 5.78 Å². The zero-order valence-electron chi connectivity index (χ0n) is 33.4. The molecule has 0 bridgehead atoms. The number of rotatable bonds is 11. The van der Waals surface area contributed by atoms with Crippen LogP contribution in [-0.2, 0) is 24.9 Å². The van der Waals surface area contributed by atoms with E-state index in [1.54, 1.807) is 0 Å². The molecule has 1 aliphatic rings. The Bertz CT molecular complexity index is 1990. The van der Waals surface area contributed by atoms with Crippen molar-refractivity contribution < 1.29 is 30.0 Å². The second kappa shape index (κ2) is 19.0. The van der Waals surface area contributed by atoms with Crippen LogP contribution in [0.5, 0.6) is 0 Å². The molecule has 5 aromatic rings. The first-order chi connectivity index (χ1) is 24.9. The van der Waals surface area contributed by atoms with Gasteiger partial charge in [-0.3, -0.25) is 9.78 Å². The summed E-state index contributed by atoms with van der Waals surface area (Å²) in [6.45, 7) is 19.7. The first kappa shape index (κ1) is 42.6. The van der Waals surface area contributed by atoms with Gasteiger partial charge in [-0.1, -0.05) is 109 Å². The van der Waals surface area contributed by atoms with Crippen molar-refractivity contribution >= 4 is 38.0 Å². The number of carbonyl (C=O) groups excluding carboxylic acids is 1. The molecular weight excluding hydrogens is 847 g/mol. The quantitative estimate of drug-likeness (QED) is 0.0816. The first-order valence-electron chi connectivity index (χ1n) is 19.8. The van der Waals surface area contributed by atoms with E-state index >= 15 is 0 Å². The molecule has 0 saturated heterocycles. The molecule has 0 unspecified atom stereocenters. The molecule has 1 saturated carbocycles. The zero-order valence-corrected chi connectivity index (χ0v) is 36.7. The summed E-state index contributed by atoms with van der Waals surface area (Å²) in [5.41, 5.74) is 8.18. The zero-order chi connectivity index (χ0) is 37.6. The van der Waals surface area contributed by atoms with E-state index in [4.69, 9.17) is 4.98 Å². The summed E-state index contributed by atoms with van der Waals surface area (Å²) in [4.78, 5) is 18.0. The molecule has 1 radical (unpaired) electrons. The van der Waals surface area contributed by atoms with Crippen LogP contribution in [0.15, 0.2) is 78.7 Å². The number of aliphatic hydroxyl groups excluding tert-OH is 1. The van der Waals surface area contributed by atoms with Gasteiger partial charge < -0.3 is 5.11 Å². The molecule has 5 heteroatoms. The summed E-state index contributed by atoms with van der Waals surface area (Å²) in [6.07, 6.45) is 12.1. The Morgan fingerprint density at radius 1 is 0.925 bits per heavy atom. The van der Waals surface area contributed by atoms with Crippen LogP contribution in [0.2, 0.25) is 0 Å². The maximum atomic E-state index is 11.7. The standard InChI is InChI=1S/C35H36NS.C13H24O2.Ir/c1-22(2)31-21-28(20-27-8-6-7-9-30(27)31)32-34-29(16-19-36-32)23(3)33(37-34)26-12-10-24(11-13-26)25-14-17-35(4,5)18-15-25;1-5-10(6-2)12(14)9-13(15)11(7-3)8-4;/h6-13,16,19,21-22,25H,14-15,17-18H2,1-5H3;9-11,14H,5-8H2,1-4H3;/q-1;;/b;12-9-;. The summed E-state index contributed by atoms with van der Waals surface area (Å²) >= 11 is 1.88. The van der Waals surface area contributed by atoms with Crippen LogP contribution in [0.1, 0.15) is 135 Å². The normalized spacial score (nSPS) is 14.8. The molecule has 1 fully saturated rings. The molecule has 3 aromatic carbocycles. The largest absolute Gasteiger partial charge is 0.512 e. The number of thiophene rings is 1. The monoisotopic (exact) mass is 907 g/mol. The van der Waals surface area contributed by atoms with E-state index < -0.39 is 0 Å². The van der Waals surface area contributed by atoms with E-state index in [2.05, 4.69) is 101 Å². The molecule has 0 aliphatic heterocycles. The number of hydrogen-bond donors (Lipinski definition) is 1. The summed E-state index contributed by atoms with van der Waals surface area (Å²) in [5.74, 6) is 1.69. The van der Waals surface area contributed by atoms with Crippen molar-refractivity contribution in [3.63, 3.8) is 0 Å². The number of pyridine rings is 1. The third-order valence-corrected chi connectivity index (χ3v) is 13.0. The van der Waals surface area contributed by atoms with Crippen LogP contribution in [0.3, 0.4) is 0 Å². The van der Waals surface area contributed by atoms with Crippen LogP contribution in [0, 0.1) is 30.2 Å². The predicted octanol–water partition coefficient (Wildman–Crippen LogP) is 14.6. The fraction of sp³-hybridized carbons (Fsp3) is 0.458. The number of aromatic nitrogens is 1. The Hall–Kier alpha value is -3.11. The van der Waals surface area contributed by atoms with Gasteiger partial charge >= 0.3 is 0 Å². The minimum Gasteiger partial charge on any atom is -0.512 e. The summed E-state index contributed by atoms with van der Waals surface area (Å²) < 4.78 is 1.26. The Labute approximate surface area is 337 Å². The predicted molar refractivity (Wildman–Crippen MR) is 225 cm³/mol. The number of fused-ring (bicyclic) bond motifs is 2. The number of hydrogen-bond acceptors (Lipinski definition) is 4. The first-order valence-corrected chi connectivity index (χ1v) is 20.6. The van der Waals surface area contributed by atoms with Crippen LogP contribution in [-0.4, -0.2) is 15.9 Å². The van der Waals surface area contributed by atoms with Crippen molar-refractivity contribution in [1.82, 2.24) is 4.98 Å². The van der Waals surface area contributed by atoms with Crippen LogP contribution >= 0.6 is 11.3 Å². The Morgan fingerprint density at radius 2 is 1.55 bits per heavy atom. The average Bonchev–Trinajstić information content (AvgIpc) is 3.48. The van der Waals surface area contributed by atoms with Crippen LogP contribution in [0.4, 0.5) is 0 Å². The Morgan fingerprint density at radius 3 is 2.15 bits per heavy atom. The molecule has 0 spiro atoms. The van der Waals surface area contributed by atoms with E-state index in [9.17, 15) is 9.90 Å². The maximum Gasteiger partial charge on any atom is 0.162 e. The third kappa shape index (κ3) is 9.96. The van der Waals surface area contributed by atoms with Gasteiger partial charge in [0.2, 0.25) is 0 Å². The number of ketones is 1. The van der Waals surface area contributed by atoms with Crippen molar-refractivity contribution in [3.05, 3.63) is 101 Å². The molecule has 0 amide bonds. The fourth-order valence-corrected chi connectivity index (χ4v) is 9.21. The van der Waals surface area contributed by atoms with Crippen LogP contribution < -0.4 is 0 Å². The molecule has 2 aromatic heterocycles. The minimum absolute atomic E-state index is 0. The van der Waals surface area contributed by atoms with E-state index in [1.165, 1.54) is 74.4 Å². The number of nitrogens with zero attached hydrogens (tertiary/aromatic N) is 1. The van der Waals surface area contributed by atoms with Crippen molar-refractivity contribution in [2.45, 2.75) is 126 Å². The van der Waals surface area contributed by atoms with Gasteiger partial charge in [0.25, 0.3) is 0 Å². The number of benzene rings is 3. The van der Waals surface area contributed by atoms with E-state index in [1.807, 2.05) is 45.2 Å². The van der Waals surface area contributed by atoms with Gasteiger partial charge in [0.1, 0.15) is 0 Å². The van der Waals surface area contributed by atoms with Crippen molar-refractivity contribution in [2.24, 2.45) is 17.3 Å². The molecule has 1 N–H and O–H groups in total. The second-order valence-corrected chi connectivity index (χ2v) is 17.0. The molecule has 2 heterocycles. The summed E-state index contributed by atoms with van der Waals surface area (Å²) in [7, 11) is 0. The van der Waals surface area contributed by atoms with Gasteiger partial charge in [-0.25, -0.2) is 0 Å². The van der Waals surface area contributed by atoms with Gasteiger partial charge in [0, 0.05) is 59.5 Å². The molecule has 285 valence electrons. The topological polar surface area (TPSA) is 50.2 Å². The van der Waals surface area contributed by atoms with E-state index in [-0.39, 0.29) is 43.5 Å². The molecular formula is C48H60IrNO2S-. The van der Waals surface area contributed by atoms with Crippen LogP contribution in [0.25, 0.3) is 42.6 Å². The molecule has 6 rings (SSSR count). The van der Waals surface area contributed by atoms with Crippen molar-refractivity contribution in [1.29, 1.82) is 0 Å². The van der Waals surface area contributed by atoms with E-state index in [0.29, 0.717) is 17.3 Å². The SMILES string of the molecule is CCC(CC)C(=O)/C=C(\O)C(CC)CC.Cc1c(-c2ccc(C3CCC(C)(C)CC3)cc2)sc2c(-c3[c-]c4ccccc4c(C(C)C)c3)nccc12.[Ir]. The number of allylic oxidation sites excluding steroid dienone is 2. The van der Waals surface area contributed by atoms with Gasteiger partial charge in [-0.15, -0.1) is 40.5 Å². The van der Waals surface area contributed by atoms with Crippen molar-refractivity contribution in [3.8, 4) is 21.7 Å². The van der Waals surface area contributed by atoms with E-state index in [0.717, 1.165) is 42.3 Å². The van der Waals surface area contributed by atoms with Crippen molar-refractivity contribution in [2.75, 3.05) is 0 Å². The smallest absolute Gasteiger partial charge is 0.162 e. The van der Waals surface area contributed by atoms with Gasteiger partial charge in [-0.05, 0) is 104 Å². The number of carbonyl (C=O) groups is 1. The van der Waals surface area contributed by atoms with Gasteiger partial charge in [-0.2, -0.15) is 0 Å². The summed E-state index contributed by atoms with van der Waals surface area (Å²) in [5, 5.41) is 13.5. The second-order valence-electron chi connectivity index (χ2n) is 16.0.